The average molecular weight is 378 g/mol. The van der Waals surface area contributed by atoms with Gasteiger partial charge >= 0.3 is 0 Å². The van der Waals surface area contributed by atoms with E-state index in [2.05, 4.69) is 11.0 Å². The predicted octanol–water partition coefficient (Wildman–Crippen LogP) is 5.33. The van der Waals surface area contributed by atoms with Crippen LogP contribution in [0.1, 0.15) is 37.7 Å². The molecule has 0 spiro atoms. The molecule has 2 aromatic rings. The minimum Gasteiger partial charge on any atom is -0.334 e. The monoisotopic (exact) mass is 378 g/mol. The lowest BCUT2D eigenvalue weighted by Crippen LogP contribution is -2.19. The smallest absolute Gasteiger partial charge is 0.224 e. The van der Waals surface area contributed by atoms with E-state index in [-0.39, 0.29) is 17.9 Å². The molecule has 1 amide bonds. The van der Waals surface area contributed by atoms with Gasteiger partial charge in [0.2, 0.25) is 5.91 Å². The molecule has 0 atom stereocenters. The predicted molar refractivity (Wildman–Crippen MR) is 110 cm³/mol. The highest BCUT2D eigenvalue weighted by molar-refractivity contribution is 5.96. The van der Waals surface area contributed by atoms with E-state index in [1.807, 2.05) is 32.9 Å². The van der Waals surface area contributed by atoms with Crippen LogP contribution in [0.25, 0.3) is 10.9 Å². The summed E-state index contributed by atoms with van der Waals surface area (Å²) >= 11 is 0. The van der Waals surface area contributed by atoms with Gasteiger partial charge in [-0.15, -0.1) is 0 Å². The molecule has 5 heteroatoms. The number of aldehydes is 1. The number of carbonyl (C=O) groups is 2. The molecule has 3 rings (SSSR count). The lowest BCUT2D eigenvalue weighted by Gasteiger charge is -2.17. The SMILES string of the molecule is CC(C)(C)CC(=O)Nc1ccc2c(c1)cc(C=O)n2CC1=CC=CC=C=C1F. The molecule has 1 aliphatic rings. The first-order valence-electron chi connectivity index (χ1n) is 9.13. The first-order chi connectivity index (χ1) is 13.3. The summed E-state index contributed by atoms with van der Waals surface area (Å²) in [6, 6.07) is 7.19. The highest BCUT2D eigenvalue weighted by atomic mass is 19.1. The Balaban J connectivity index is 1.91. The molecule has 0 saturated carbocycles. The minimum atomic E-state index is -0.449. The van der Waals surface area contributed by atoms with Crippen LogP contribution in [0.2, 0.25) is 0 Å². The number of anilines is 1. The Morgan fingerprint density at radius 1 is 1.25 bits per heavy atom. The van der Waals surface area contributed by atoms with Gasteiger partial charge in [0.15, 0.2) is 12.1 Å². The van der Waals surface area contributed by atoms with Gasteiger partial charge in [0, 0.05) is 28.6 Å². The van der Waals surface area contributed by atoms with Crippen LogP contribution in [0.15, 0.2) is 65.7 Å². The zero-order valence-electron chi connectivity index (χ0n) is 16.3. The second-order valence-electron chi connectivity index (χ2n) is 8.03. The number of benzene rings is 1. The van der Waals surface area contributed by atoms with Crippen molar-refractivity contribution in [3.05, 3.63) is 71.4 Å². The highest BCUT2D eigenvalue weighted by Gasteiger charge is 2.17. The normalized spacial score (nSPS) is 13.9. The molecular formula is C23H23FN2O2. The molecule has 0 unspecified atom stereocenters. The Morgan fingerprint density at radius 3 is 2.75 bits per heavy atom. The van der Waals surface area contributed by atoms with Crippen molar-refractivity contribution >= 4 is 28.8 Å². The number of carbonyl (C=O) groups excluding carboxylic acids is 2. The fraction of sp³-hybridized carbons (Fsp3) is 0.261. The maximum absolute atomic E-state index is 14.2. The van der Waals surface area contributed by atoms with Crippen molar-refractivity contribution in [3.63, 3.8) is 0 Å². The van der Waals surface area contributed by atoms with E-state index in [1.165, 1.54) is 6.08 Å². The minimum absolute atomic E-state index is 0.0590. The van der Waals surface area contributed by atoms with Crippen molar-refractivity contribution in [1.82, 2.24) is 4.57 Å². The van der Waals surface area contributed by atoms with E-state index < -0.39 is 5.83 Å². The molecule has 1 aromatic carbocycles. The van der Waals surface area contributed by atoms with Crippen molar-refractivity contribution in [2.75, 3.05) is 5.32 Å². The summed E-state index contributed by atoms with van der Waals surface area (Å²) in [5.74, 6) is -0.508. The van der Waals surface area contributed by atoms with Gasteiger partial charge in [-0.25, -0.2) is 0 Å². The van der Waals surface area contributed by atoms with Crippen molar-refractivity contribution in [2.45, 2.75) is 33.7 Å². The van der Waals surface area contributed by atoms with Crippen molar-refractivity contribution in [1.29, 1.82) is 0 Å². The van der Waals surface area contributed by atoms with Gasteiger partial charge in [0.1, 0.15) is 0 Å². The van der Waals surface area contributed by atoms with Crippen molar-refractivity contribution in [3.8, 4) is 0 Å². The number of amides is 1. The molecule has 0 fully saturated rings. The molecule has 0 aliphatic heterocycles. The topological polar surface area (TPSA) is 51.1 Å². The summed E-state index contributed by atoms with van der Waals surface area (Å²) in [6.45, 7) is 6.23. The van der Waals surface area contributed by atoms with Crippen LogP contribution in [-0.2, 0) is 11.3 Å². The molecule has 1 aromatic heterocycles. The third kappa shape index (κ3) is 4.56. The first kappa shape index (κ1) is 19.6. The number of nitrogens with zero attached hydrogens (tertiary/aromatic N) is 1. The largest absolute Gasteiger partial charge is 0.334 e. The Labute approximate surface area is 163 Å². The molecule has 0 saturated heterocycles. The maximum atomic E-state index is 14.2. The summed E-state index contributed by atoms with van der Waals surface area (Å²) in [4.78, 5) is 23.7. The van der Waals surface area contributed by atoms with Crippen molar-refractivity contribution in [2.24, 2.45) is 5.41 Å². The molecule has 28 heavy (non-hydrogen) atoms. The van der Waals surface area contributed by atoms with E-state index in [9.17, 15) is 14.0 Å². The number of nitrogens with one attached hydrogen (secondary N) is 1. The standard InChI is InChI=1S/C23H23FN2O2/c1-23(2,3)13-22(28)25-18-9-10-21-17(11-18)12-19(15-27)26(21)14-16-7-5-4-6-8-20(16)24/h4-7,9-12,15H,13-14H2,1-3H3,(H,25,28). The number of hydrogen-bond acceptors (Lipinski definition) is 2. The van der Waals surface area contributed by atoms with Gasteiger partial charge in [-0.2, -0.15) is 4.39 Å². The van der Waals surface area contributed by atoms with Gasteiger partial charge in [-0.3, -0.25) is 9.59 Å². The summed E-state index contributed by atoms with van der Waals surface area (Å²) in [7, 11) is 0. The number of aromatic nitrogens is 1. The third-order valence-corrected chi connectivity index (χ3v) is 4.35. The molecule has 1 aliphatic carbocycles. The second kappa shape index (κ2) is 7.83. The summed E-state index contributed by atoms with van der Waals surface area (Å²) in [6.07, 6.45) is 7.79. The highest BCUT2D eigenvalue weighted by Crippen LogP contribution is 2.27. The van der Waals surface area contributed by atoms with E-state index >= 15 is 0 Å². The molecule has 0 bridgehead atoms. The summed E-state index contributed by atoms with van der Waals surface area (Å²) < 4.78 is 16.0. The quantitative estimate of drug-likeness (QED) is 0.564. The number of hydrogen-bond donors (Lipinski definition) is 1. The van der Waals surface area contributed by atoms with Crippen LogP contribution in [-0.4, -0.2) is 16.8 Å². The third-order valence-electron chi connectivity index (χ3n) is 4.35. The van der Waals surface area contributed by atoms with E-state index in [4.69, 9.17) is 0 Å². The molecule has 1 heterocycles. The van der Waals surface area contributed by atoms with E-state index in [0.717, 1.165) is 17.2 Å². The van der Waals surface area contributed by atoms with Gasteiger partial charge in [0.25, 0.3) is 0 Å². The van der Waals surface area contributed by atoms with E-state index in [0.29, 0.717) is 23.4 Å². The maximum Gasteiger partial charge on any atom is 0.224 e. The number of halogens is 1. The van der Waals surface area contributed by atoms with Gasteiger partial charge < -0.3 is 9.88 Å². The number of rotatable bonds is 5. The molecule has 144 valence electrons. The van der Waals surface area contributed by atoms with Gasteiger partial charge in [0.05, 0.1) is 12.2 Å². The van der Waals surface area contributed by atoms with Crippen LogP contribution in [0.5, 0.6) is 0 Å². The lowest BCUT2D eigenvalue weighted by molar-refractivity contribution is -0.117. The Morgan fingerprint density at radius 2 is 2.04 bits per heavy atom. The molecule has 4 nitrogen and oxygen atoms in total. The van der Waals surface area contributed by atoms with Gasteiger partial charge in [-0.1, -0.05) is 44.7 Å². The second-order valence-corrected chi connectivity index (χ2v) is 8.03. The molecule has 1 N–H and O–H groups in total. The van der Waals surface area contributed by atoms with Crippen LogP contribution in [0.4, 0.5) is 10.1 Å². The summed E-state index contributed by atoms with van der Waals surface area (Å²) in [5, 5.41) is 3.70. The Hall–Kier alpha value is -3.17. The Kier molecular flexibility index (Phi) is 5.48. The van der Waals surface area contributed by atoms with Crippen LogP contribution < -0.4 is 5.32 Å². The summed E-state index contributed by atoms with van der Waals surface area (Å²) in [5.41, 5.74) is 4.80. The fourth-order valence-corrected chi connectivity index (χ4v) is 3.14. The van der Waals surface area contributed by atoms with E-state index in [1.54, 1.807) is 34.9 Å². The number of allylic oxidation sites excluding steroid dienone is 5. The molecular weight excluding hydrogens is 355 g/mol. The number of fused-ring (bicyclic) bond motifs is 1. The van der Waals surface area contributed by atoms with Crippen LogP contribution in [0, 0.1) is 5.41 Å². The van der Waals surface area contributed by atoms with Crippen LogP contribution in [0.3, 0.4) is 0 Å². The van der Waals surface area contributed by atoms with Crippen LogP contribution >= 0.6 is 0 Å². The molecule has 0 radical (unpaired) electrons. The zero-order chi connectivity index (χ0) is 20.3. The zero-order valence-corrected chi connectivity index (χ0v) is 16.3. The van der Waals surface area contributed by atoms with Gasteiger partial charge in [-0.05, 0) is 35.8 Å². The Bertz CT molecular complexity index is 1060. The average Bonchev–Trinajstić information content (AvgIpc) is 2.81. The lowest BCUT2D eigenvalue weighted by atomic mass is 9.92. The fourth-order valence-electron chi connectivity index (χ4n) is 3.14. The van der Waals surface area contributed by atoms with Crippen molar-refractivity contribution < 1.29 is 14.0 Å². The first-order valence-corrected chi connectivity index (χ1v) is 9.13.